The van der Waals surface area contributed by atoms with E-state index in [0.29, 0.717) is 11.2 Å². The third-order valence-corrected chi connectivity index (χ3v) is 1.40. The minimum Gasteiger partial charge on any atom is -0.336 e. The van der Waals surface area contributed by atoms with Crippen LogP contribution in [0.15, 0.2) is 15.5 Å². The van der Waals surface area contributed by atoms with Crippen molar-refractivity contribution >= 4 is 11.2 Å². The molecule has 0 aliphatic rings. The Morgan fingerprint density at radius 3 is 2.83 bits per heavy atom. The molecule has 0 unspecified atom stereocenters. The highest BCUT2D eigenvalue weighted by molar-refractivity contribution is 5.66. The van der Waals surface area contributed by atoms with Gasteiger partial charge in [0.2, 0.25) is 0 Å². The maximum atomic E-state index is 10.8. The summed E-state index contributed by atoms with van der Waals surface area (Å²) in [5.41, 5.74) is 0.925. The Kier molecular flexibility index (Phi) is 2.32. The van der Waals surface area contributed by atoms with Crippen molar-refractivity contribution in [1.82, 2.24) is 14.7 Å². The van der Waals surface area contributed by atoms with Gasteiger partial charge < -0.3 is 9.51 Å². The predicted octanol–water partition coefficient (Wildman–Crippen LogP) is 0.881. The molecule has 5 nitrogen and oxygen atoms in total. The molecular weight excluding hydrogens is 158 g/mol. The fourth-order valence-corrected chi connectivity index (χ4v) is 0.852. The first-order valence-corrected chi connectivity index (χ1v) is 3.78. The highest BCUT2D eigenvalue weighted by Gasteiger charge is 2.04. The lowest BCUT2D eigenvalue weighted by Crippen LogP contribution is -2.11. The molecule has 66 valence electrons. The zero-order valence-corrected chi connectivity index (χ0v) is 7.29. The Hall–Kier alpha value is -1.52. The van der Waals surface area contributed by atoms with Crippen molar-refractivity contribution in [2.24, 2.45) is 7.05 Å². The Morgan fingerprint density at radius 2 is 2.25 bits per heavy atom. The monoisotopic (exact) mass is 169 g/mol. The number of imidazole rings is 1. The smallest absolute Gasteiger partial charge is 0.328 e. The number of aryl methyl sites for hydroxylation is 1. The molecule has 0 radical (unpaired) electrons. The van der Waals surface area contributed by atoms with E-state index in [0.717, 1.165) is 0 Å². The van der Waals surface area contributed by atoms with E-state index in [4.69, 9.17) is 4.52 Å². The number of hydrogen-bond acceptors (Lipinski definition) is 3. The second-order valence-electron chi connectivity index (χ2n) is 2.03. The number of nitrogens with zero attached hydrogens (tertiary/aromatic N) is 2. The van der Waals surface area contributed by atoms with Gasteiger partial charge in [-0.3, -0.25) is 4.57 Å². The van der Waals surface area contributed by atoms with Crippen LogP contribution in [0.1, 0.15) is 13.8 Å². The minimum atomic E-state index is -0.184. The third kappa shape index (κ3) is 1.13. The standard InChI is InChI=1S/C5H5N3O2.C2H6/c1-8-4-3(2-6-10-4)7-5(8)9;1-2/h2H,1H3,(H,7,9);1-2H3. The first-order chi connectivity index (χ1) is 5.79. The molecule has 0 spiro atoms. The van der Waals surface area contributed by atoms with Gasteiger partial charge in [-0.15, -0.1) is 0 Å². The van der Waals surface area contributed by atoms with Crippen LogP contribution < -0.4 is 5.69 Å². The van der Waals surface area contributed by atoms with Gasteiger partial charge in [0.05, 0.1) is 6.20 Å². The van der Waals surface area contributed by atoms with Gasteiger partial charge in [-0.25, -0.2) is 4.79 Å². The highest BCUT2D eigenvalue weighted by atomic mass is 16.5. The topological polar surface area (TPSA) is 63.8 Å². The Labute approximate surface area is 69.0 Å². The van der Waals surface area contributed by atoms with Crippen molar-refractivity contribution in [2.75, 3.05) is 0 Å². The van der Waals surface area contributed by atoms with Gasteiger partial charge in [0.15, 0.2) is 0 Å². The summed E-state index contributed by atoms with van der Waals surface area (Å²) in [5, 5.41) is 3.50. The fraction of sp³-hybridized carbons (Fsp3) is 0.429. The summed E-state index contributed by atoms with van der Waals surface area (Å²) in [7, 11) is 1.62. The molecule has 0 fully saturated rings. The summed E-state index contributed by atoms with van der Waals surface area (Å²) in [6, 6.07) is 0. The van der Waals surface area contributed by atoms with Crippen LogP contribution in [-0.4, -0.2) is 14.7 Å². The molecule has 0 saturated heterocycles. The molecule has 0 aliphatic heterocycles. The van der Waals surface area contributed by atoms with Gasteiger partial charge in [-0.1, -0.05) is 19.0 Å². The minimum absolute atomic E-state index is 0.184. The highest BCUT2D eigenvalue weighted by Crippen LogP contribution is 2.04. The lowest BCUT2D eigenvalue weighted by Gasteiger charge is -1.80. The molecule has 0 saturated carbocycles. The van der Waals surface area contributed by atoms with E-state index in [-0.39, 0.29) is 5.69 Å². The predicted molar refractivity (Wildman–Crippen MR) is 44.9 cm³/mol. The van der Waals surface area contributed by atoms with Crippen molar-refractivity contribution in [3.63, 3.8) is 0 Å². The van der Waals surface area contributed by atoms with Gasteiger partial charge in [0, 0.05) is 7.05 Å². The van der Waals surface area contributed by atoms with E-state index in [2.05, 4.69) is 10.1 Å². The third-order valence-electron chi connectivity index (χ3n) is 1.40. The molecule has 2 heterocycles. The number of aromatic nitrogens is 3. The summed E-state index contributed by atoms with van der Waals surface area (Å²) in [4.78, 5) is 13.4. The van der Waals surface area contributed by atoms with Crippen molar-refractivity contribution in [3.05, 3.63) is 16.7 Å². The molecule has 5 heteroatoms. The van der Waals surface area contributed by atoms with E-state index >= 15 is 0 Å². The Bertz CT molecular complexity index is 409. The van der Waals surface area contributed by atoms with Gasteiger partial charge in [-0.05, 0) is 0 Å². The molecule has 0 bridgehead atoms. The fourth-order valence-electron chi connectivity index (χ4n) is 0.852. The van der Waals surface area contributed by atoms with Crippen LogP contribution in [0, 0.1) is 0 Å². The van der Waals surface area contributed by atoms with Gasteiger partial charge in [0.25, 0.3) is 5.71 Å². The Balaban J connectivity index is 0.000000336. The molecule has 2 rings (SSSR count). The van der Waals surface area contributed by atoms with Crippen LogP contribution in [0.4, 0.5) is 0 Å². The molecule has 0 atom stereocenters. The number of nitrogens with one attached hydrogen (secondary N) is 1. The summed E-state index contributed by atoms with van der Waals surface area (Å²) in [6.07, 6.45) is 1.47. The van der Waals surface area contributed by atoms with Crippen LogP contribution in [0.25, 0.3) is 11.2 Å². The lowest BCUT2D eigenvalue weighted by atomic mass is 10.6. The number of aromatic amines is 1. The summed E-state index contributed by atoms with van der Waals surface area (Å²) in [6.45, 7) is 4.00. The Morgan fingerprint density at radius 1 is 1.58 bits per heavy atom. The summed E-state index contributed by atoms with van der Waals surface area (Å²) >= 11 is 0. The summed E-state index contributed by atoms with van der Waals surface area (Å²) in [5.74, 6) is 0. The molecular formula is C7H11N3O2. The largest absolute Gasteiger partial charge is 0.336 e. The van der Waals surface area contributed by atoms with Gasteiger partial charge in [-0.2, -0.15) is 0 Å². The molecule has 0 aliphatic carbocycles. The number of fused-ring (bicyclic) bond motifs is 1. The second-order valence-corrected chi connectivity index (χ2v) is 2.03. The SMILES string of the molecule is CC.Cn1c(=O)[nH]c2cnoc21. The maximum Gasteiger partial charge on any atom is 0.328 e. The van der Waals surface area contributed by atoms with E-state index in [1.807, 2.05) is 13.8 Å². The van der Waals surface area contributed by atoms with Crippen LogP contribution >= 0.6 is 0 Å². The van der Waals surface area contributed by atoms with Crippen LogP contribution in [0.2, 0.25) is 0 Å². The first-order valence-electron chi connectivity index (χ1n) is 3.78. The van der Waals surface area contributed by atoms with E-state index in [9.17, 15) is 4.79 Å². The van der Waals surface area contributed by atoms with Crippen molar-refractivity contribution in [1.29, 1.82) is 0 Å². The zero-order valence-electron chi connectivity index (χ0n) is 7.29. The quantitative estimate of drug-likeness (QED) is 0.636. The van der Waals surface area contributed by atoms with Gasteiger partial charge in [0.1, 0.15) is 5.52 Å². The lowest BCUT2D eigenvalue weighted by molar-refractivity contribution is 0.437. The molecule has 0 amide bonds. The number of rotatable bonds is 0. The van der Waals surface area contributed by atoms with E-state index in [1.165, 1.54) is 10.8 Å². The summed E-state index contributed by atoms with van der Waals surface area (Å²) < 4.78 is 6.11. The zero-order chi connectivity index (χ0) is 9.14. The van der Waals surface area contributed by atoms with Crippen molar-refractivity contribution < 1.29 is 4.52 Å². The average molecular weight is 169 g/mol. The molecule has 0 aromatic carbocycles. The molecule has 1 N–H and O–H groups in total. The normalized spacial score (nSPS) is 9.58. The van der Waals surface area contributed by atoms with Gasteiger partial charge >= 0.3 is 5.69 Å². The van der Waals surface area contributed by atoms with Crippen LogP contribution in [0.3, 0.4) is 0 Å². The second kappa shape index (κ2) is 3.25. The number of hydrogen-bond donors (Lipinski definition) is 1. The van der Waals surface area contributed by atoms with E-state index in [1.54, 1.807) is 7.05 Å². The first kappa shape index (κ1) is 8.58. The molecule has 2 aromatic heterocycles. The van der Waals surface area contributed by atoms with Crippen molar-refractivity contribution in [3.8, 4) is 0 Å². The van der Waals surface area contributed by atoms with E-state index < -0.39 is 0 Å². The number of H-pyrrole nitrogens is 1. The van der Waals surface area contributed by atoms with Crippen molar-refractivity contribution in [2.45, 2.75) is 13.8 Å². The molecule has 2 aromatic rings. The van der Waals surface area contributed by atoms with Crippen LogP contribution in [-0.2, 0) is 7.05 Å². The average Bonchev–Trinajstić information content (AvgIpc) is 2.62. The molecule has 12 heavy (non-hydrogen) atoms. The van der Waals surface area contributed by atoms with Crippen LogP contribution in [0.5, 0.6) is 0 Å². The maximum absolute atomic E-state index is 10.8.